The van der Waals surface area contributed by atoms with Crippen LogP contribution in [0.1, 0.15) is 24.5 Å². The number of anilines is 2. The van der Waals surface area contributed by atoms with Gasteiger partial charge in [0.15, 0.2) is 0 Å². The molecule has 0 aromatic heterocycles. The summed E-state index contributed by atoms with van der Waals surface area (Å²) in [6, 6.07) is 9.68. The van der Waals surface area contributed by atoms with Gasteiger partial charge >= 0.3 is 0 Å². The normalized spacial score (nSPS) is 12.3. The third-order valence-electron chi connectivity index (χ3n) is 4.40. The summed E-state index contributed by atoms with van der Waals surface area (Å²) in [5.41, 5.74) is 2.36. The van der Waals surface area contributed by atoms with Crippen molar-refractivity contribution < 1.29 is 18.1 Å². The summed E-state index contributed by atoms with van der Waals surface area (Å²) in [5.74, 6) is -0.563. The van der Waals surface area contributed by atoms with E-state index in [1.54, 1.807) is 25.1 Å². The van der Waals surface area contributed by atoms with Crippen molar-refractivity contribution in [2.75, 3.05) is 15.9 Å². The van der Waals surface area contributed by atoms with E-state index in [1.807, 2.05) is 13.8 Å². The number of non-ortho nitro benzene ring substituents is 1. The zero-order valence-corrected chi connectivity index (χ0v) is 17.0. The molecule has 2 aromatic carbocycles. The van der Waals surface area contributed by atoms with E-state index in [0.717, 1.165) is 21.7 Å². The average Bonchev–Trinajstić information content (AvgIpc) is 2.61. The molecule has 0 spiro atoms. The highest BCUT2D eigenvalue weighted by Gasteiger charge is 2.31. The second-order valence-corrected chi connectivity index (χ2v) is 8.41. The van der Waals surface area contributed by atoms with Crippen molar-refractivity contribution in [3.8, 4) is 0 Å². The van der Waals surface area contributed by atoms with Crippen molar-refractivity contribution in [3.63, 3.8) is 0 Å². The van der Waals surface area contributed by atoms with Crippen molar-refractivity contribution in [2.45, 2.75) is 33.2 Å². The lowest BCUT2D eigenvalue weighted by Gasteiger charge is -2.30. The van der Waals surface area contributed by atoms with Gasteiger partial charge in [-0.15, -0.1) is 0 Å². The maximum absolute atomic E-state index is 12.9. The van der Waals surface area contributed by atoms with Gasteiger partial charge < -0.3 is 5.32 Å². The van der Waals surface area contributed by atoms with Gasteiger partial charge in [-0.3, -0.25) is 19.2 Å². The summed E-state index contributed by atoms with van der Waals surface area (Å²) < 4.78 is 26.1. The van der Waals surface area contributed by atoms with Crippen LogP contribution >= 0.6 is 0 Å². The van der Waals surface area contributed by atoms with Crippen LogP contribution in [-0.2, 0) is 14.8 Å². The number of sulfonamides is 1. The molecule has 0 saturated heterocycles. The summed E-state index contributed by atoms with van der Waals surface area (Å²) in [6.07, 6.45) is 1.27. The first-order chi connectivity index (χ1) is 13.0. The molecule has 0 aliphatic carbocycles. The van der Waals surface area contributed by atoms with Crippen LogP contribution in [0.4, 0.5) is 17.1 Å². The van der Waals surface area contributed by atoms with Crippen LogP contribution in [0.15, 0.2) is 42.5 Å². The number of nitro groups is 1. The Morgan fingerprint density at radius 1 is 1.18 bits per heavy atom. The van der Waals surface area contributed by atoms with Gasteiger partial charge in [0.2, 0.25) is 15.9 Å². The van der Waals surface area contributed by atoms with Gasteiger partial charge in [0.05, 0.1) is 16.9 Å². The van der Waals surface area contributed by atoms with Crippen molar-refractivity contribution in [2.24, 2.45) is 0 Å². The molecule has 0 bridgehead atoms. The fraction of sp³-hybridized carbons (Fsp3) is 0.316. The lowest BCUT2D eigenvalue weighted by Crippen LogP contribution is -2.47. The number of rotatable bonds is 7. The molecule has 1 atom stereocenters. The Labute approximate surface area is 164 Å². The number of amides is 1. The van der Waals surface area contributed by atoms with Crippen molar-refractivity contribution >= 4 is 33.0 Å². The summed E-state index contributed by atoms with van der Waals surface area (Å²) in [4.78, 5) is 23.2. The monoisotopic (exact) mass is 405 g/mol. The quantitative estimate of drug-likeness (QED) is 0.561. The van der Waals surface area contributed by atoms with Gasteiger partial charge in [0.25, 0.3) is 5.69 Å². The second kappa shape index (κ2) is 8.39. The van der Waals surface area contributed by atoms with Crippen LogP contribution in [0.2, 0.25) is 0 Å². The first-order valence-corrected chi connectivity index (χ1v) is 10.5. The Bertz CT molecular complexity index is 1000. The lowest BCUT2D eigenvalue weighted by molar-refractivity contribution is -0.384. The van der Waals surface area contributed by atoms with Gasteiger partial charge in [-0.05, 0) is 49.6 Å². The molecular weight excluding hydrogens is 382 g/mol. The van der Waals surface area contributed by atoms with E-state index >= 15 is 0 Å². The van der Waals surface area contributed by atoms with E-state index in [0.29, 0.717) is 5.69 Å². The predicted molar refractivity (Wildman–Crippen MR) is 109 cm³/mol. The maximum atomic E-state index is 12.9. The van der Waals surface area contributed by atoms with Crippen LogP contribution in [0, 0.1) is 24.0 Å². The molecule has 0 saturated carbocycles. The molecule has 1 N–H and O–H groups in total. The summed E-state index contributed by atoms with van der Waals surface area (Å²) in [6.45, 7) is 5.48. The first kappa shape index (κ1) is 21.4. The fourth-order valence-corrected chi connectivity index (χ4v) is 4.05. The number of benzene rings is 2. The lowest BCUT2D eigenvalue weighted by atomic mass is 10.1. The molecule has 2 aromatic rings. The van der Waals surface area contributed by atoms with Gasteiger partial charge in [0, 0.05) is 17.8 Å². The molecule has 9 heteroatoms. The maximum Gasteiger partial charge on any atom is 0.271 e. The number of nitro benzene ring substituents is 1. The van der Waals surface area contributed by atoms with Crippen molar-refractivity contribution in [3.05, 3.63) is 63.7 Å². The number of carbonyl (C=O) groups is 1. The van der Waals surface area contributed by atoms with Crippen LogP contribution < -0.4 is 9.62 Å². The van der Waals surface area contributed by atoms with Gasteiger partial charge in [-0.2, -0.15) is 0 Å². The zero-order valence-electron chi connectivity index (χ0n) is 16.2. The Morgan fingerprint density at radius 2 is 1.86 bits per heavy atom. The minimum atomic E-state index is -3.75. The molecule has 8 nitrogen and oxygen atoms in total. The first-order valence-electron chi connectivity index (χ1n) is 8.66. The smallest absolute Gasteiger partial charge is 0.271 e. The molecule has 150 valence electrons. The highest BCUT2D eigenvalue weighted by atomic mass is 32.2. The van der Waals surface area contributed by atoms with E-state index in [1.165, 1.54) is 24.3 Å². The van der Waals surface area contributed by atoms with E-state index in [-0.39, 0.29) is 17.8 Å². The highest BCUT2D eigenvalue weighted by molar-refractivity contribution is 7.92. The molecule has 1 amide bonds. The molecule has 2 rings (SSSR count). The number of aryl methyl sites for hydroxylation is 2. The molecule has 1 unspecified atom stereocenters. The molecule has 0 aliphatic rings. The topological polar surface area (TPSA) is 110 Å². The minimum Gasteiger partial charge on any atom is -0.324 e. The number of hydrogen-bond donors (Lipinski definition) is 1. The van der Waals surface area contributed by atoms with Gasteiger partial charge in [-0.1, -0.05) is 19.1 Å². The van der Waals surface area contributed by atoms with Crippen molar-refractivity contribution in [1.82, 2.24) is 0 Å². The molecule has 0 aliphatic heterocycles. The third-order valence-corrected chi connectivity index (χ3v) is 5.58. The number of nitrogens with zero attached hydrogens (tertiary/aromatic N) is 2. The van der Waals surface area contributed by atoms with Crippen LogP contribution in [0.25, 0.3) is 0 Å². The standard InChI is InChI=1S/C19H23N3O5S/c1-5-18(19(23)20-15-7-6-8-17(12-15)22(24)25)21(28(4,26)27)16-10-9-13(2)14(3)11-16/h6-12,18H,5H2,1-4H3,(H,20,23). The predicted octanol–water partition coefficient (Wildman–Crippen LogP) is 3.39. The summed E-state index contributed by atoms with van der Waals surface area (Å²) in [5, 5.41) is 13.5. The van der Waals surface area contributed by atoms with Gasteiger partial charge in [0.1, 0.15) is 6.04 Å². The minimum absolute atomic E-state index is 0.167. The highest BCUT2D eigenvalue weighted by Crippen LogP contribution is 2.26. The molecular formula is C19H23N3O5S. The summed E-state index contributed by atoms with van der Waals surface area (Å²) in [7, 11) is -3.75. The van der Waals surface area contributed by atoms with E-state index in [4.69, 9.17) is 0 Å². The van der Waals surface area contributed by atoms with Crippen LogP contribution in [0.3, 0.4) is 0 Å². The zero-order chi connectivity index (χ0) is 21.1. The Balaban J connectivity index is 2.40. The van der Waals surface area contributed by atoms with E-state index in [9.17, 15) is 23.3 Å². The van der Waals surface area contributed by atoms with Crippen LogP contribution in [0.5, 0.6) is 0 Å². The third kappa shape index (κ3) is 4.86. The Hall–Kier alpha value is -2.94. The fourth-order valence-electron chi connectivity index (χ4n) is 2.85. The second-order valence-electron chi connectivity index (χ2n) is 6.55. The average molecular weight is 405 g/mol. The summed E-state index contributed by atoms with van der Waals surface area (Å²) >= 11 is 0. The van der Waals surface area contributed by atoms with E-state index < -0.39 is 26.9 Å². The number of carbonyl (C=O) groups excluding carboxylic acids is 1. The molecule has 0 fully saturated rings. The number of hydrogen-bond acceptors (Lipinski definition) is 5. The molecule has 0 heterocycles. The SMILES string of the molecule is CCC(C(=O)Nc1cccc([N+](=O)[O-])c1)N(c1ccc(C)c(C)c1)S(C)(=O)=O. The largest absolute Gasteiger partial charge is 0.324 e. The van der Waals surface area contributed by atoms with Gasteiger partial charge in [-0.25, -0.2) is 8.42 Å². The van der Waals surface area contributed by atoms with E-state index in [2.05, 4.69) is 5.32 Å². The Kier molecular flexibility index (Phi) is 6.40. The molecule has 0 radical (unpaired) electrons. The Morgan fingerprint density at radius 3 is 2.39 bits per heavy atom. The van der Waals surface area contributed by atoms with Crippen molar-refractivity contribution in [1.29, 1.82) is 0 Å². The number of nitrogens with one attached hydrogen (secondary N) is 1. The van der Waals surface area contributed by atoms with Crippen LogP contribution in [-0.4, -0.2) is 31.5 Å². The molecule has 28 heavy (non-hydrogen) atoms.